The average Bonchev–Trinajstić information content (AvgIpc) is 2.15. The summed E-state index contributed by atoms with van der Waals surface area (Å²) in [6.07, 6.45) is -0.300. The number of hydrogen-bond acceptors (Lipinski definition) is 4. The summed E-state index contributed by atoms with van der Waals surface area (Å²) in [5.74, 6) is -3.24. The van der Waals surface area contributed by atoms with Crippen molar-refractivity contribution in [3.63, 3.8) is 0 Å². The van der Waals surface area contributed by atoms with Gasteiger partial charge in [0.15, 0.2) is 5.76 Å². The van der Waals surface area contributed by atoms with Crippen LogP contribution >= 0.6 is 0 Å². The van der Waals surface area contributed by atoms with Gasteiger partial charge < -0.3 is 20.4 Å². The van der Waals surface area contributed by atoms with Crippen LogP contribution in [0.4, 0.5) is 0 Å². The molecule has 0 aliphatic heterocycles. The van der Waals surface area contributed by atoms with E-state index in [0.717, 1.165) is 0 Å². The molecule has 0 spiro atoms. The molecule has 0 aromatic heterocycles. The minimum absolute atomic E-state index is 0.385. The molecule has 0 bridgehead atoms. The standard InChI is InChI=1S/C10H10O4/c11-8-5-6-3-1-2-4-7(6)9(12)10(8,13)14/h1-5,9,11-14H. The number of aliphatic hydroxyl groups excluding tert-OH is 2. The minimum Gasteiger partial charge on any atom is -0.507 e. The zero-order chi connectivity index (χ0) is 10.3. The van der Waals surface area contributed by atoms with Crippen LogP contribution in [-0.4, -0.2) is 26.2 Å². The van der Waals surface area contributed by atoms with Crippen LogP contribution in [0.1, 0.15) is 17.2 Å². The first kappa shape index (κ1) is 9.21. The van der Waals surface area contributed by atoms with Gasteiger partial charge in [0.2, 0.25) is 0 Å². The third-order valence-corrected chi connectivity index (χ3v) is 2.34. The van der Waals surface area contributed by atoms with Gasteiger partial charge in [-0.1, -0.05) is 24.3 Å². The lowest BCUT2D eigenvalue weighted by Gasteiger charge is -2.31. The van der Waals surface area contributed by atoms with Crippen LogP contribution in [0.25, 0.3) is 6.08 Å². The Kier molecular flexibility index (Phi) is 1.85. The van der Waals surface area contributed by atoms with Crippen molar-refractivity contribution in [2.24, 2.45) is 0 Å². The van der Waals surface area contributed by atoms with Crippen molar-refractivity contribution in [3.05, 3.63) is 41.2 Å². The Morgan fingerprint density at radius 2 is 1.79 bits per heavy atom. The summed E-state index contributed by atoms with van der Waals surface area (Å²) < 4.78 is 0. The van der Waals surface area contributed by atoms with Gasteiger partial charge in [-0.05, 0) is 17.2 Å². The van der Waals surface area contributed by atoms with Crippen LogP contribution in [0.2, 0.25) is 0 Å². The maximum Gasteiger partial charge on any atom is 0.253 e. The fraction of sp³-hybridized carbons (Fsp3) is 0.200. The molecule has 14 heavy (non-hydrogen) atoms. The molecule has 1 aromatic rings. The van der Waals surface area contributed by atoms with Gasteiger partial charge in [0, 0.05) is 0 Å². The van der Waals surface area contributed by atoms with E-state index in [0.29, 0.717) is 11.1 Å². The topological polar surface area (TPSA) is 80.9 Å². The molecular formula is C10H10O4. The molecule has 2 rings (SSSR count). The third-order valence-electron chi connectivity index (χ3n) is 2.34. The molecule has 1 atom stereocenters. The highest BCUT2D eigenvalue weighted by atomic mass is 16.5. The predicted molar refractivity (Wildman–Crippen MR) is 49.2 cm³/mol. The number of benzene rings is 1. The summed E-state index contributed by atoms with van der Waals surface area (Å²) in [6, 6.07) is 6.65. The van der Waals surface area contributed by atoms with Crippen molar-refractivity contribution in [1.29, 1.82) is 0 Å². The summed E-state index contributed by atoms with van der Waals surface area (Å²) in [4.78, 5) is 0. The number of fused-ring (bicyclic) bond motifs is 1. The van der Waals surface area contributed by atoms with E-state index in [1.165, 1.54) is 6.08 Å². The number of rotatable bonds is 0. The van der Waals surface area contributed by atoms with Crippen LogP contribution in [0, 0.1) is 0 Å². The molecule has 0 saturated carbocycles. The summed E-state index contributed by atoms with van der Waals surface area (Å²) >= 11 is 0. The second kappa shape index (κ2) is 2.81. The summed E-state index contributed by atoms with van der Waals surface area (Å²) in [5.41, 5.74) is 0.964. The molecule has 0 fully saturated rings. The van der Waals surface area contributed by atoms with E-state index in [-0.39, 0.29) is 0 Å². The summed E-state index contributed by atoms with van der Waals surface area (Å²) in [5, 5.41) is 37.5. The van der Waals surface area contributed by atoms with Gasteiger partial charge in [0.1, 0.15) is 6.10 Å². The van der Waals surface area contributed by atoms with E-state index in [4.69, 9.17) is 0 Å². The molecule has 1 aliphatic rings. The second-order valence-electron chi connectivity index (χ2n) is 3.29. The maximum absolute atomic E-state index is 9.56. The van der Waals surface area contributed by atoms with E-state index >= 15 is 0 Å². The second-order valence-corrected chi connectivity index (χ2v) is 3.29. The molecule has 0 saturated heterocycles. The summed E-state index contributed by atoms with van der Waals surface area (Å²) in [7, 11) is 0. The molecule has 0 heterocycles. The zero-order valence-electron chi connectivity index (χ0n) is 7.25. The number of aliphatic hydroxyl groups is 4. The molecule has 1 unspecified atom stereocenters. The van der Waals surface area contributed by atoms with E-state index in [1.54, 1.807) is 24.3 Å². The van der Waals surface area contributed by atoms with Gasteiger partial charge in [-0.2, -0.15) is 0 Å². The lowest BCUT2D eigenvalue weighted by atomic mass is 9.89. The fourth-order valence-corrected chi connectivity index (χ4v) is 1.50. The van der Waals surface area contributed by atoms with Crippen LogP contribution in [-0.2, 0) is 0 Å². The fourth-order valence-electron chi connectivity index (χ4n) is 1.50. The molecule has 4 nitrogen and oxygen atoms in total. The highest BCUT2D eigenvalue weighted by Gasteiger charge is 2.42. The SMILES string of the molecule is OC1=Cc2ccccc2C(O)C1(O)O. The lowest BCUT2D eigenvalue weighted by molar-refractivity contribution is -0.218. The Hall–Kier alpha value is -1.36. The average molecular weight is 194 g/mol. The van der Waals surface area contributed by atoms with Crippen LogP contribution in [0.15, 0.2) is 30.0 Å². The number of hydrogen-bond donors (Lipinski definition) is 4. The molecule has 1 aliphatic carbocycles. The Balaban J connectivity index is 2.62. The van der Waals surface area contributed by atoms with Gasteiger partial charge >= 0.3 is 0 Å². The van der Waals surface area contributed by atoms with Gasteiger partial charge in [-0.25, -0.2) is 0 Å². The van der Waals surface area contributed by atoms with Crippen LogP contribution < -0.4 is 0 Å². The van der Waals surface area contributed by atoms with Gasteiger partial charge in [0.25, 0.3) is 5.79 Å². The van der Waals surface area contributed by atoms with Gasteiger partial charge in [0.05, 0.1) is 0 Å². The first-order valence-corrected chi connectivity index (χ1v) is 4.16. The quantitative estimate of drug-likeness (QED) is 0.448. The molecule has 4 N–H and O–H groups in total. The Bertz CT molecular complexity index is 395. The van der Waals surface area contributed by atoms with Gasteiger partial charge in [-0.15, -0.1) is 0 Å². The minimum atomic E-state index is -2.59. The third kappa shape index (κ3) is 1.13. The zero-order valence-corrected chi connectivity index (χ0v) is 7.25. The van der Waals surface area contributed by atoms with Crippen LogP contribution in [0.5, 0.6) is 0 Å². The molecule has 4 heteroatoms. The van der Waals surface area contributed by atoms with Crippen molar-refractivity contribution in [1.82, 2.24) is 0 Å². The van der Waals surface area contributed by atoms with E-state index < -0.39 is 17.7 Å². The maximum atomic E-state index is 9.56. The van der Waals surface area contributed by atoms with E-state index in [1.807, 2.05) is 0 Å². The Morgan fingerprint density at radius 3 is 2.50 bits per heavy atom. The highest BCUT2D eigenvalue weighted by Crippen LogP contribution is 2.36. The highest BCUT2D eigenvalue weighted by molar-refractivity contribution is 5.60. The normalized spacial score (nSPS) is 23.9. The Labute approximate surface area is 80.4 Å². The van der Waals surface area contributed by atoms with Gasteiger partial charge in [-0.3, -0.25) is 0 Å². The molecular weight excluding hydrogens is 184 g/mol. The van der Waals surface area contributed by atoms with Crippen LogP contribution in [0.3, 0.4) is 0 Å². The van der Waals surface area contributed by atoms with Crippen molar-refractivity contribution < 1.29 is 20.4 Å². The molecule has 74 valence electrons. The van der Waals surface area contributed by atoms with Crippen molar-refractivity contribution in [3.8, 4) is 0 Å². The smallest absolute Gasteiger partial charge is 0.253 e. The largest absolute Gasteiger partial charge is 0.507 e. The van der Waals surface area contributed by atoms with Crippen molar-refractivity contribution in [2.75, 3.05) is 0 Å². The van der Waals surface area contributed by atoms with E-state index in [9.17, 15) is 20.4 Å². The molecule has 0 amide bonds. The first-order valence-electron chi connectivity index (χ1n) is 4.16. The predicted octanol–water partition coefficient (Wildman–Crippen LogP) is 0.313. The summed E-state index contributed by atoms with van der Waals surface area (Å²) in [6.45, 7) is 0. The molecule has 0 radical (unpaired) electrons. The monoisotopic (exact) mass is 194 g/mol. The lowest BCUT2D eigenvalue weighted by Crippen LogP contribution is -2.40. The van der Waals surface area contributed by atoms with Crippen molar-refractivity contribution in [2.45, 2.75) is 11.9 Å². The van der Waals surface area contributed by atoms with E-state index in [2.05, 4.69) is 0 Å². The first-order chi connectivity index (χ1) is 6.53. The van der Waals surface area contributed by atoms with Crippen molar-refractivity contribution >= 4 is 6.08 Å². The Morgan fingerprint density at radius 1 is 1.14 bits per heavy atom. The molecule has 1 aromatic carbocycles.